The number of benzene rings is 1. The summed E-state index contributed by atoms with van der Waals surface area (Å²) in [6.45, 7) is 4.83. The molecule has 92 valence electrons. The Hall–Kier alpha value is -0.970. The minimum Gasteiger partial charge on any atom is -0.545 e. The molecule has 4 nitrogen and oxygen atoms in total. The average Bonchev–Trinajstić information content (AvgIpc) is 2.30. The maximum Gasteiger partial charge on any atom is 1.00 e. The van der Waals surface area contributed by atoms with Gasteiger partial charge < -0.3 is 19.4 Å². The van der Waals surface area contributed by atoms with Crippen LogP contribution in [0.25, 0.3) is 6.08 Å². The second-order valence-electron chi connectivity index (χ2n) is 3.22. The molecule has 0 amide bonds. The Kier molecular flexibility index (Phi) is 8.54. The van der Waals surface area contributed by atoms with Gasteiger partial charge in [-0.15, -0.1) is 0 Å². The van der Waals surface area contributed by atoms with Crippen LogP contribution in [-0.2, 0) is 4.79 Å². The van der Waals surface area contributed by atoms with Crippen molar-refractivity contribution < 1.29 is 48.9 Å². The van der Waals surface area contributed by atoms with Gasteiger partial charge in [0.2, 0.25) is 0 Å². The second-order valence-corrected chi connectivity index (χ2v) is 3.22. The molecular weight excluding hydrogens is 243 g/mol. The largest absolute Gasteiger partial charge is 1.00 e. The third kappa shape index (κ3) is 5.58. The van der Waals surface area contributed by atoms with Crippen LogP contribution < -0.4 is 44.1 Å². The molecule has 0 N–H and O–H groups in total. The van der Waals surface area contributed by atoms with Crippen molar-refractivity contribution in [1.82, 2.24) is 0 Å². The van der Waals surface area contributed by atoms with E-state index in [2.05, 4.69) is 0 Å². The maximum atomic E-state index is 10.3. The third-order valence-electron chi connectivity index (χ3n) is 1.98. The van der Waals surface area contributed by atoms with Gasteiger partial charge in [-0.3, -0.25) is 0 Å². The Morgan fingerprint density at radius 1 is 1.22 bits per heavy atom. The predicted octanol–water partition coefficient (Wildman–Crippen LogP) is -1.75. The molecule has 0 unspecified atom stereocenters. The third-order valence-corrected chi connectivity index (χ3v) is 1.98. The molecule has 5 heteroatoms. The van der Waals surface area contributed by atoms with Gasteiger partial charge >= 0.3 is 29.6 Å². The number of carboxylic acid groups (broad SMARTS) is 1. The van der Waals surface area contributed by atoms with Crippen LogP contribution in [0.2, 0.25) is 0 Å². The molecule has 0 aliphatic heterocycles. The summed E-state index contributed by atoms with van der Waals surface area (Å²) in [7, 11) is 0. The minimum atomic E-state index is -1.23. The Labute approximate surface area is 129 Å². The van der Waals surface area contributed by atoms with Gasteiger partial charge in [-0.2, -0.15) is 0 Å². The molecule has 18 heavy (non-hydrogen) atoms. The number of hydrogen-bond acceptors (Lipinski definition) is 4. The molecule has 0 heterocycles. The van der Waals surface area contributed by atoms with Crippen molar-refractivity contribution in [3.8, 4) is 11.5 Å². The first kappa shape index (κ1) is 17.0. The Morgan fingerprint density at radius 2 is 1.83 bits per heavy atom. The molecule has 0 atom stereocenters. The second kappa shape index (κ2) is 9.03. The van der Waals surface area contributed by atoms with E-state index in [0.29, 0.717) is 24.7 Å². The fourth-order valence-corrected chi connectivity index (χ4v) is 1.34. The van der Waals surface area contributed by atoms with Gasteiger partial charge in [0.05, 0.1) is 19.2 Å². The van der Waals surface area contributed by atoms with Gasteiger partial charge in [0.25, 0.3) is 0 Å². The molecule has 1 aromatic carbocycles. The normalized spacial score (nSPS) is 9.89. The molecule has 0 bridgehead atoms. The molecule has 0 radical (unpaired) electrons. The van der Waals surface area contributed by atoms with E-state index in [0.717, 1.165) is 11.6 Å². The molecular formula is C13H15NaO4. The van der Waals surface area contributed by atoms with Crippen LogP contribution >= 0.6 is 0 Å². The zero-order chi connectivity index (χ0) is 12.7. The van der Waals surface area contributed by atoms with E-state index in [-0.39, 0.29) is 29.6 Å². The van der Waals surface area contributed by atoms with Crippen LogP contribution in [0.1, 0.15) is 19.4 Å². The van der Waals surface area contributed by atoms with E-state index < -0.39 is 5.97 Å². The summed E-state index contributed by atoms with van der Waals surface area (Å²) < 4.78 is 10.8. The number of carboxylic acids is 1. The number of aliphatic carboxylic acids is 1. The van der Waals surface area contributed by atoms with Gasteiger partial charge in [-0.25, -0.2) is 0 Å². The summed E-state index contributed by atoms with van der Waals surface area (Å²) in [5.41, 5.74) is 0.723. The summed E-state index contributed by atoms with van der Waals surface area (Å²) in [4.78, 5) is 10.3. The van der Waals surface area contributed by atoms with Crippen molar-refractivity contribution in [2.24, 2.45) is 0 Å². The number of rotatable bonds is 6. The van der Waals surface area contributed by atoms with Gasteiger partial charge in [0.15, 0.2) is 11.5 Å². The number of carbonyl (C=O) groups excluding carboxylic acids is 1. The number of ether oxygens (including phenoxy) is 2. The Morgan fingerprint density at radius 3 is 2.39 bits per heavy atom. The summed E-state index contributed by atoms with van der Waals surface area (Å²) in [6, 6.07) is 5.24. The van der Waals surface area contributed by atoms with Crippen molar-refractivity contribution in [2.45, 2.75) is 13.8 Å². The molecule has 0 aliphatic rings. The SMILES string of the molecule is CCOc1ccc(/C=C/C(=O)[O-])cc1OCC.[Na+]. The molecule has 0 aromatic heterocycles. The van der Waals surface area contributed by atoms with Crippen molar-refractivity contribution >= 4 is 12.0 Å². The monoisotopic (exact) mass is 258 g/mol. The minimum absolute atomic E-state index is 0. The number of carbonyl (C=O) groups is 1. The maximum absolute atomic E-state index is 10.3. The van der Waals surface area contributed by atoms with Crippen LogP contribution in [-0.4, -0.2) is 19.2 Å². The topological polar surface area (TPSA) is 58.6 Å². The summed E-state index contributed by atoms with van der Waals surface area (Å²) in [5, 5.41) is 10.3. The van der Waals surface area contributed by atoms with Crippen LogP contribution in [0.5, 0.6) is 11.5 Å². The van der Waals surface area contributed by atoms with Crippen LogP contribution in [0.15, 0.2) is 24.3 Å². The van der Waals surface area contributed by atoms with Gasteiger partial charge in [0, 0.05) is 0 Å². The molecule has 0 aliphatic carbocycles. The fourth-order valence-electron chi connectivity index (χ4n) is 1.34. The fraction of sp³-hybridized carbons (Fsp3) is 0.308. The van der Waals surface area contributed by atoms with E-state index in [1.54, 1.807) is 18.2 Å². The quantitative estimate of drug-likeness (QED) is 0.448. The van der Waals surface area contributed by atoms with Crippen molar-refractivity contribution in [1.29, 1.82) is 0 Å². The first-order valence-electron chi connectivity index (χ1n) is 5.46. The zero-order valence-electron chi connectivity index (χ0n) is 10.9. The summed E-state index contributed by atoms with van der Waals surface area (Å²) in [5.74, 6) is 0.0339. The molecule has 0 saturated heterocycles. The van der Waals surface area contributed by atoms with Gasteiger partial charge in [-0.05, 0) is 37.6 Å². The van der Waals surface area contributed by atoms with Gasteiger partial charge in [0.1, 0.15) is 0 Å². The zero-order valence-corrected chi connectivity index (χ0v) is 12.9. The first-order chi connectivity index (χ1) is 8.17. The van der Waals surface area contributed by atoms with E-state index in [1.807, 2.05) is 13.8 Å². The van der Waals surface area contributed by atoms with Crippen LogP contribution in [0, 0.1) is 0 Å². The van der Waals surface area contributed by atoms with Crippen molar-refractivity contribution in [2.75, 3.05) is 13.2 Å². The van der Waals surface area contributed by atoms with E-state index in [9.17, 15) is 9.90 Å². The van der Waals surface area contributed by atoms with Crippen LogP contribution in [0.4, 0.5) is 0 Å². The molecule has 1 rings (SSSR count). The van der Waals surface area contributed by atoms with Crippen molar-refractivity contribution in [3.63, 3.8) is 0 Å². The van der Waals surface area contributed by atoms with Crippen molar-refractivity contribution in [3.05, 3.63) is 29.8 Å². The summed E-state index contributed by atoms with van der Waals surface area (Å²) in [6.07, 6.45) is 2.43. The Balaban J connectivity index is 0.00000289. The Bertz CT molecular complexity index is 415. The van der Waals surface area contributed by atoms with E-state index in [4.69, 9.17) is 9.47 Å². The molecule has 1 aromatic rings. The first-order valence-corrected chi connectivity index (χ1v) is 5.46. The van der Waals surface area contributed by atoms with E-state index >= 15 is 0 Å². The average molecular weight is 258 g/mol. The predicted molar refractivity (Wildman–Crippen MR) is 62.8 cm³/mol. The molecule has 0 saturated carbocycles. The molecule has 0 spiro atoms. The van der Waals surface area contributed by atoms with Crippen LogP contribution in [0.3, 0.4) is 0 Å². The molecule has 0 fully saturated rings. The number of hydrogen-bond donors (Lipinski definition) is 0. The van der Waals surface area contributed by atoms with E-state index in [1.165, 1.54) is 6.08 Å². The smallest absolute Gasteiger partial charge is 0.545 e. The standard InChI is InChI=1S/C13H16O4.Na/c1-3-16-11-7-5-10(6-8-13(14)15)9-12(11)17-4-2;/h5-9H,3-4H2,1-2H3,(H,14,15);/q;+1/p-1/b8-6+;. The van der Waals surface area contributed by atoms with Gasteiger partial charge in [-0.1, -0.05) is 12.1 Å². The summed E-state index contributed by atoms with van der Waals surface area (Å²) >= 11 is 0.